The number of sulfonamides is 1. The van der Waals surface area contributed by atoms with Crippen LogP contribution in [-0.4, -0.2) is 73.6 Å². The van der Waals surface area contributed by atoms with Crippen molar-refractivity contribution in [2.45, 2.75) is 43.9 Å². The molecule has 0 spiro atoms. The fraction of sp³-hybridized carbons (Fsp3) is 0.600. The van der Waals surface area contributed by atoms with Crippen LogP contribution in [-0.2, 0) is 19.6 Å². The molecule has 2 saturated heterocycles. The van der Waals surface area contributed by atoms with Crippen molar-refractivity contribution in [1.82, 2.24) is 14.1 Å². The molecule has 1 aromatic rings. The molecule has 1 aromatic carbocycles. The second kappa shape index (κ2) is 8.61. The molecular weight excluding hydrogens is 378 g/mol. The summed E-state index contributed by atoms with van der Waals surface area (Å²) >= 11 is 0. The third kappa shape index (κ3) is 4.38. The van der Waals surface area contributed by atoms with Gasteiger partial charge in [-0.05, 0) is 36.5 Å². The van der Waals surface area contributed by atoms with Crippen molar-refractivity contribution in [3.63, 3.8) is 0 Å². The zero-order valence-corrected chi connectivity index (χ0v) is 17.5. The molecule has 0 saturated carbocycles. The summed E-state index contributed by atoms with van der Waals surface area (Å²) in [7, 11) is -3.56. The zero-order chi connectivity index (χ0) is 20.3. The lowest BCUT2D eigenvalue weighted by atomic mass is 9.99. The molecule has 7 nitrogen and oxygen atoms in total. The van der Waals surface area contributed by atoms with Gasteiger partial charge < -0.3 is 9.80 Å². The largest absolute Gasteiger partial charge is 0.339 e. The lowest BCUT2D eigenvalue weighted by Crippen LogP contribution is -2.52. The SMILES string of the molecule is CCC(C)c1ccc(S(=O)(=O)N2CCN(C(=O)CN3CCCC3=O)CC2)cc1. The number of hydrogen-bond acceptors (Lipinski definition) is 4. The van der Waals surface area contributed by atoms with E-state index in [4.69, 9.17) is 0 Å². The van der Waals surface area contributed by atoms with Gasteiger partial charge in [0.2, 0.25) is 21.8 Å². The van der Waals surface area contributed by atoms with E-state index in [9.17, 15) is 18.0 Å². The van der Waals surface area contributed by atoms with Gasteiger partial charge in [-0.3, -0.25) is 9.59 Å². The van der Waals surface area contributed by atoms with Crippen LogP contribution in [0.5, 0.6) is 0 Å². The summed E-state index contributed by atoms with van der Waals surface area (Å²) in [5, 5.41) is 0. The highest BCUT2D eigenvalue weighted by atomic mass is 32.2. The first-order valence-electron chi connectivity index (χ1n) is 9.98. The summed E-state index contributed by atoms with van der Waals surface area (Å²) in [6.07, 6.45) is 2.31. The summed E-state index contributed by atoms with van der Waals surface area (Å²) in [4.78, 5) is 27.6. The van der Waals surface area contributed by atoms with Crippen LogP contribution < -0.4 is 0 Å². The Hall–Kier alpha value is -1.93. The number of nitrogens with zero attached hydrogens (tertiary/aromatic N) is 3. The molecule has 2 aliphatic heterocycles. The van der Waals surface area contributed by atoms with Gasteiger partial charge in [-0.15, -0.1) is 0 Å². The van der Waals surface area contributed by atoms with Gasteiger partial charge in [0, 0.05) is 39.1 Å². The van der Waals surface area contributed by atoms with Crippen LogP contribution in [0.4, 0.5) is 0 Å². The Morgan fingerprint density at radius 3 is 2.25 bits per heavy atom. The number of hydrogen-bond donors (Lipinski definition) is 0. The van der Waals surface area contributed by atoms with Gasteiger partial charge in [0.1, 0.15) is 0 Å². The number of amides is 2. The Balaban J connectivity index is 1.58. The third-order valence-electron chi connectivity index (χ3n) is 5.79. The van der Waals surface area contributed by atoms with E-state index >= 15 is 0 Å². The van der Waals surface area contributed by atoms with Crippen molar-refractivity contribution in [3.8, 4) is 0 Å². The molecular formula is C20H29N3O4S. The second-order valence-electron chi connectivity index (χ2n) is 7.58. The number of piperazine rings is 1. The molecule has 2 heterocycles. The topological polar surface area (TPSA) is 78.0 Å². The molecule has 8 heteroatoms. The van der Waals surface area contributed by atoms with Crippen molar-refractivity contribution in [2.75, 3.05) is 39.3 Å². The van der Waals surface area contributed by atoms with Crippen LogP contribution in [0.2, 0.25) is 0 Å². The van der Waals surface area contributed by atoms with Crippen molar-refractivity contribution < 1.29 is 18.0 Å². The minimum Gasteiger partial charge on any atom is -0.339 e. The van der Waals surface area contributed by atoms with Crippen LogP contribution in [0.15, 0.2) is 29.2 Å². The molecule has 0 aromatic heterocycles. The molecule has 1 atom stereocenters. The van der Waals surface area contributed by atoms with Crippen LogP contribution in [0.3, 0.4) is 0 Å². The number of benzene rings is 1. The van der Waals surface area contributed by atoms with Gasteiger partial charge in [-0.1, -0.05) is 26.0 Å². The van der Waals surface area contributed by atoms with Crippen LogP contribution in [0, 0.1) is 0 Å². The average Bonchev–Trinajstić information content (AvgIpc) is 3.12. The van der Waals surface area contributed by atoms with E-state index < -0.39 is 10.0 Å². The molecule has 3 rings (SSSR count). The second-order valence-corrected chi connectivity index (χ2v) is 9.52. The van der Waals surface area contributed by atoms with Gasteiger partial charge in [0.15, 0.2) is 0 Å². The van der Waals surface area contributed by atoms with Crippen LogP contribution in [0.25, 0.3) is 0 Å². The Morgan fingerprint density at radius 2 is 1.71 bits per heavy atom. The van der Waals surface area contributed by atoms with Gasteiger partial charge in [-0.2, -0.15) is 4.31 Å². The molecule has 0 N–H and O–H groups in total. The molecule has 154 valence electrons. The van der Waals surface area contributed by atoms with Crippen molar-refractivity contribution in [3.05, 3.63) is 29.8 Å². The van der Waals surface area contributed by atoms with E-state index in [1.165, 1.54) is 4.31 Å². The Kier molecular flexibility index (Phi) is 6.40. The first-order valence-corrected chi connectivity index (χ1v) is 11.4. The standard InChI is InChI=1S/C20H29N3O4S/c1-3-16(2)17-6-8-18(9-7-17)28(26,27)23-13-11-21(12-14-23)20(25)15-22-10-4-5-19(22)24/h6-9,16H,3-5,10-15H2,1-2H3. The molecule has 2 fully saturated rings. The molecule has 28 heavy (non-hydrogen) atoms. The normalized spacial score (nSPS) is 19.9. The fourth-order valence-corrected chi connectivity index (χ4v) is 5.09. The van der Waals surface area contributed by atoms with E-state index in [1.807, 2.05) is 12.1 Å². The van der Waals surface area contributed by atoms with E-state index in [-0.39, 0.29) is 31.4 Å². The minimum atomic E-state index is -3.56. The predicted molar refractivity (Wildman–Crippen MR) is 106 cm³/mol. The van der Waals surface area contributed by atoms with Gasteiger partial charge in [0.05, 0.1) is 11.4 Å². The van der Waals surface area contributed by atoms with Gasteiger partial charge >= 0.3 is 0 Å². The minimum absolute atomic E-state index is 0.0235. The summed E-state index contributed by atoms with van der Waals surface area (Å²) in [5.41, 5.74) is 1.13. The predicted octanol–water partition coefficient (Wildman–Crippen LogP) is 1.66. The lowest BCUT2D eigenvalue weighted by Gasteiger charge is -2.34. The number of carbonyl (C=O) groups is 2. The highest BCUT2D eigenvalue weighted by Crippen LogP contribution is 2.23. The zero-order valence-electron chi connectivity index (χ0n) is 16.6. The van der Waals surface area contributed by atoms with E-state index in [0.29, 0.717) is 36.9 Å². The van der Waals surface area contributed by atoms with Crippen LogP contribution >= 0.6 is 0 Å². The highest BCUT2D eigenvalue weighted by Gasteiger charge is 2.31. The monoisotopic (exact) mass is 407 g/mol. The average molecular weight is 408 g/mol. The smallest absolute Gasteiger partial charge is 0.243 e. The number of likely N-dealkylation sites (tertiary alicyclic amines) is 1. The van der Waals surface area contributed by atoms with E-state index in [1.54, 1.807) is 21.9 Å². The van der Waals surface area contributed by atoms with E-state index in [0.717, 1.165) is 18.4 Å². The Morgan fingerprint density at radius 1 is 1.07 bits per heavy atom. The lowest BCUT2D eigenvalue weighted by molar-refractivity contribution is -0.139. The summed E-state index contributed by atoms with van der Waals surface area (Å²) in [5.74, 6) is 0.314. The van der Waals surface area contributed by atoms with Gasteiger partial charge in [0.25, 0.3) is 0 Å². The summed E-state index contributed by atoms with van der Waals surface area (Å²) in [6.45, 7) is 6.21. The maximum Gasteiger partial charge on any atom is 0.243 e. The molecule has 0 aliphatic carbocycles. The third-order valence-corrected chi connectivity index (χ3v) is 7.70. The molecule has 0 radical (unpaired) electrons. The maximum atomic E-state index is 12.9. The number of rotatable bonds is 6. The summed E-state index contributed by atoms with van der Waals surface area (Å²) < 4.78 is 27.3. The number of carbonyl (C=O) groups excluding carboxylic acids is 2. The van der Waals surface area contributed by atoms with Crippen molar-refractivity contribution in [1.29, 1.82) is 0 Å². The van der Waals surface area contributed by atoms with Crippen molar-refractivity contribution >= 4 is 21.8 Å². The first kappa shape index (κ1) is 20.8. The molecule has 0 bridgehead atoms. The molecule has 2 aliphatic rings. The van der Waals surface area contributed by atoms with Gasteiger partial charge in [-0.25, -0.2) is 8.42 Å². The Bertz CT molecular complexity index is 814. The quantitative estimate of drug-likeness (QED) is 0.718. The summed E-state index contributed by atoms with van der Waals surface area (Å²) in [6, 6.07) is 7.11. The van der Waals surface area contributed by atoms with Crippen molar-refractivity contribution in [2.24, 2.45) is 0 Å². The fourth-order valence-electron chi connectivity index (χ4n) is 3.67. The Labute approximate surface area is 167 Å². The van der Waals surface area contributed by atoms with Crippen LogP contribution in [0.1, 0.15) is 44.6 Å². The highest BCUT2D eigenvalue weighted by molar-refractivity contribution is 7.89. The maximum absolute atomic E-state index is 12.9. The molecule has 2 amide bonds. The molecule has 1 unspecified atom stereocenters. The van der Waals surface area contributed by atoms with E-state index in [2.05, 4.69) is 13.8 Å². The first-order chi connectivity index (χ1) is 13.3.